The van der Waals surface area contributed by atoms with Gasteiger partial charge in [-0.15, -0.1) is 5.10 Å². The molecule has 82 valence electrons. The Morgan fingerprint density at radius 2 is 2.40 bits per heavy atom. The molecule has 1 N–H and O–H groups in total. The SMILES string of the molecule is CCOC(=O)CCNC(=O)c1csnn1. The van der Waals surface area contributed by atoms with Gasteiger partial charge in [0.1, 0.15) is 0 Å². The molecule has 0 atom stereocenters. The number of rotatable bonds is 5. The predicted molar refractivity (Wildman–Crippen MR) is 53.5 cm³/mol. The third-order valence-electron chi connectivity index (χ3n) is 1.51. The second kappa shape index (κ2) is 6.07. The lowest BCUT2D eigenvalue weighted by Crippen LogP contribution is -2.26. The Labute approximate surface area is 90.8 Å². The number of ether oxygens (including phenoxy) is 1. The lowest BCUT2D eigenvalue weighted by Gasteiger charge is -2.02. The molecule has 0 aliphatic carbocycles. The van der Waals surface area contributed by atoms with E-state index >= 15 is 0 Å². The summed E-state index contributed by atoms with van der Waals surface area (Å²) in [6.07, 6.45) is 0.164. The van der Waals surface area contributed by atoms with Crippen molar-refractivity contribution in [3.05, 3.63) is 11.1 Å². The first-order valence-corrected chi connectivity index (χ1v) is 5.28. The van der Waals surface area contributed by atoms with Gasteiger partial charge in [-0.1, -0.05) is 4.49 Å². The standard InChI is InChI=1S/C8H11N3O3S/c1-2-14-7(12)3-4-9-8(13)6-5-15-11-10-6/h5H,2-4H2,1H3,(H,9,13). The number of nitrogens with zero attached hydrogens (tertiary/aromatic N) is 2. The highest BCUT2D eigenvalue weighted by Gasteiger charge is 2.08. The van der Waals surface area contributed by atoms with Crippen molar-refractivity contribution in [3.63, 3.8) is 0 Å². The maximum Gasteiger partial charge on any atom is 0.307 e. The van der Waals surface area contributed by atoms with Crippen LogP contribution in [0.25, 0.3) is 0 Å². The summed E-state index contributed by atoms with van der Waals surface area (Å²) < 4.78 is 8.25. The van der Waals surface area contributed by atoms with Crippen LogP contribution in [-0.4, -0.2) is 34.6 Å². The third-order valence-corrected chi connectivity index (χ3v) is 2.02. The van der Waals surface area contributed by atoms with Gasteiger partial charge in [-0.3, -0.25) is 9.59 Å². The van der Waals surface area contributed by atoms with Crippen molar-refractivity contribution in [2.45, 2.75) is 13.3 Å². The summed E-state index contributed by atoms with van der Waals surface area (Å²) in [5.74, 6) is -0.651. The quantitative estimate of drug-likeness (QED) is 0.730. The van der Waals surface area contributed by atoms with Crippen molar-refractivity contribution in [2.24, 2.45) is 0 Å². The number of esters is 1. The average molecular weight is 229 g/mol. The number of amides is 1. The molecule has 6 nitrogen and oxygen atoms in total. The Bertz CT molecular complexity index is 326. The van der Waals surface area contributed by atoms with Crippen LogP contribution in [0.3, 0.4) is 0 Å². The van der Waals surface area contributed by atoms with E-state index in [0.717, 1.165) is 11.5 Å². The minimum absolute atomic E-state index is 0.164. The zero-order valence-corrected chi connectivity index (χ0v) is 9.04. The molecule has 1 aromatic heterocycles. The summed E-state index contributed by atoms with van der Waals surface area (Å²) in [6, 6.07) is 0. The Kier molecular flexibility index (Phi) is 4.69. The molecule has 0 aliphatic heterocycles. The molecule has 0 saturated carbocycles. The van der Waals surface area contributed by atoms with Gasteiger partial charge in [-0.25, -0.2) is 0 Å². The topological polar surface area (TPSA) is 81.2 Å². The van der Waals surface area contributed by atoms with Crippen LogP contribution in [-0.2, 0) is 9.53 Å². The van der Waals surface area contributed by atoms with Gasteiger partial charge in [0, 0.05) is 11.9 Å². The van der Waals surface area contributed by atoms with Crippen molar-refractivity contribution < 1.29 is 14.3 Å². The second-order valence-electron chi connectivity index (χ2n) is 2.60. The van der Waals surface area contributed by atoms with Gasteiger partial charge >= 0.3 is 5.97 Å². The van der Waals surface area contributed by atoms with E-state index in [9.17, 15) is 9.59 Å². The van der Waals surface area contributed by atoms with Gasteiger partial charge in [-0.05, 0) is 18.5 Å². The van der Waals surface area contributed by atoms with E-state index in [1.165, 1.54) is 0 Å². The Balaban J connectivity index is 2.21. The molecule has 0 aromatic carbocycles. The van der Waals surface area contributed by atoms with E-state index < -0.39 is 0 Å². The molecule has 7 heteroatoms. The van der Waals surface area contributed by atoms with Gasteiger partial charge < -0.3 is 10.1 Å². The Morgan fingerprint density at radius 3 is 3.00 bits per heavy atom. The van der Waals surface area contributed by atoms with Crippen LogP contribution >= 0.6 is 11.5 Å². The summed E-state index contributed by atoms with van der Waals surface area (Å²) in [4.78, 5) is 22.2. The van der Waals surface area contributed by atoms with Crippen LogP contribution in [0.15, 0.2) is 5.38 Å². The summed E-state index contributed by atoms with van der Waals surface area (Å²) in [7, 11) is 0. The number of carbonyl (C=O) groups is 2. The van der Waals surface area contributed by atoms with E-state index in [2.05, 4.69) is 14.9 Å². The van der Waals surface area contributed by atoms with Crippen molar-refractivity contribution in [3.8, 4) is 0 Å². The molecule has 0 spiro atoms. The molecular formula is C8H11N3O3S. The maximum atomic E-state index is 11.3. The molecule has 0 fully saturated rings. The number of hydrogen-bond donors (Lipinski definition) is 1. The predicted octanol–water partition coefficient (Wildman–Crippen LogP) is 0.221. The number of carbonyl (C=O) groups excluding carboxylic acids is 2. The summed E-state index contributed by atoms with van der Waals surface area (Å²) in [5, 5.41) is 7.67. The Morgan fingerprint density at radius 1 is 1.60 bits per heavy atom. The van der Waals surface area contributed by atoms with Crippen LogP contribution in [0.4, 0.5) is 0 Å². The smallest absolute Gasteiger partial charge is 0.307 e. The van der Waals surface area contributed by atoms with E-state index in [1.807, 2.05) is 0 Å². The van der Waals surface area contributed by atoms with Gasteiger partial charge in [0.25, 0.3) is 5.91 Å². The van der Waals surface area contributed by atoms with Crippen molar-refractivity contribution in [1.82, 2.24) is 14.9 Å². The van der Waals surface area contributed by atoms with Gasteiger partial charge in [-0.2, -0.15) is 0 Å². The number of hydrogen-bond acceptors (Lipinski definition) is 6. The maximum absolute atomic E-state index is 11.3. The normalized spacial score (nSPS) is 9.67. The fourth-order valence-corrected chi connectivity index (χ4v) is 1.30. The summed E-state index contributed by atoms with van der Waals surface area (Å²) in [6.45, 7) is 2.33. The fraction of sp³-hybridized carbons (Fsp3) is 0.500. The van der Waals surface area contributed by atoms with E-state index in [1.54, 1.807) is 12.3 Å². The molecule has 1 heterocycles. The summed E-state index contributed by atoms with van der Waals surface area (Å²) >= 11 is 1.10. The molecule has 0 saturated heterocycles. The van der Waals surface area contributed by atoms with Crippen LogP contribution in [0, 0.1) is 0 Å². The highest BCUT2D eigenvalue weighted by Crippen LogP contribution is 1.96. The van der Waals surface area contributed by atoms with E-state index in [-0.39, 0.29) is 30.5 Å². The van der Waals surface area contributed by atoms with Crippen LogP contribution in [0.2, 0.25) is 0 Å². The molecule has 1 aromatic rings. The second-order valence-corrected chi connectivity index (χ2v) is 3.21. The molecule has 0 radical (unpaired) electrons. The van der Waals surface area contributed by atoms with Crippen LogP contribution < -0.4 is 5.32 Å². The van der Waals surface area contributed by atoms with Gasteiger partial charge in [0.2, 0.25) is 0 Å². The largest absolute Gasteiger partial charge is 0.466 e. The van der Waals surface area contributed by atoms with Crippen LogP contribution in [0.5, 0.6) is 0 Å². The number of aromatic nitrogens is 2. The Hall–Kier alpha value is -1.50. The highest BCUT2D eigenvalue weighted by atomic mass is 32.1. The lowest BCUT2D eigenvalue weighted by atomic mass is 10.4. The van der Waals surface area contributed by atoms with Gasteiger partial charge in [0.15, 0.2) is 5.69 Å². The minimum Gasteiger partial charge on any atom is -0.466 e. The van der Waals surface area contributed by atoms with E-state index in [4.69, 9.17) is 4.74 Å². The third kappa shape index (κ3) is 4.03. The van der Waals surface area contributed by atoms with Crippen molar-refractivity contribution in [2.75, 3.05) is 13.2 Å². The molecule has 1 amide bonds. The molecule has 1 rings (SSSR count). The fourth-order valence-electron chi connectivity index (χ4n) is 0.865. The number of nitrogens with one attached hydrogen (secondary N) is 1. The van der Waals surface area contributed by atoms with Crippen LogP contribution in [0.1, 0.15) is 23.8 Å². The molecule has 0 unspecified atom stereocenters. The van der Waals surface area contributed by atoms with Gasteiger partial charge in [0.05, 0.1) is 13.0 Å². The van der Waals surface area contributed by atoms with Crippen molar-refractivity contribution >= 4 is 23.4 Å². The van der Waals surface area contributed by atoms with Crippen molar-refractivity contribution in [1.29, 1.82) is 0 Å². The highest BCUT2D eigenvalue weighted by molar-refractivity contribution is 7.03. The first kappa shape index (κ1) is 11.6. The molecule has 0 bridgehead atoms. The monoisotopic (exact) mass is 229 g/mol. The first-order chi connectivity index (χ1) is 7.24. The molecule has 0 aliphatic rings. The molecular weight excluding hydrogens is 218 g/mol. The summed E-state index contributed by atoms with van der Waals surface area (Å²) in [5.41, 5.74) is 0.267. The van der Waals surface area contributed by atoms with E-state index in [0.29, 0.717) is 6.61 Å². The average Bonchev–Trinajstić information content (AvgIpc) is 2.70. The molecule has 15 heavy (non-hydrogen) atoms. The zero-order valence-electron chi connectivity index (χ0n) is 8.23. The minimum atomic E-state index is -0.326. The lowest BCUT2D eigenvalue weighted by molar-refractivity contribution is -0.142. The zero-order chi connectivity index (χ0) is 11.1. The first-order valence-electron chi connectivity index (χ1n) is 4.45.